The molecule has 0 spiro atoms. The lowest BCUT2D eigenvalue weighted by Gasteiger charge is -2.34. The molecule has 0 fully saturated rings. The quantitative estimate of drug-likeness (QED) is 0.132. The first kappa shape index (κ1) is 29.9. The van der Waals surface area contributed by atoms with E-state index in [0.29, 0.717) is 11.5 Å². The van der Waals surface area contributed by atoms with Gasteiger partial charge in [0.05, 0.1) is 22.7 Å². The third-order valence-electron chi connectivity index (χ3n) is 10.3. The van der Waals surface area contributed by atoms with Crippen LogP contribution in [0, 0.1) is 11.3 Å². The van der Waals surface area contributed by atoms with E-state index in [1.165, 1.54) is 26.3 Å². The normalized spacial score (nSPS) is 12.0. The second-order valence-corrected chi connectivity index (χ2v) is 17.3. The standard InChI is InChI=1S/C46H34N2OSi/c1-31(2)33-19-23-44-40(27-33)39-26-32(30-47)18-22-43(39)48(44)34-20-24-45-41(28-34)42-29-38(21-25-46(42)49-45)50(35-12-6-3-7-13-35,36-14-8-4-9-15-36)37-16-10-5-11-17-37/h3-29,31H,1-2H3. The topological polar surface area (TPSA) is 41.9 Å². The zero-order valence-corrected chi connectivity index (χ0v) is 29.0. The molecule has 0 atom stereocenters. The number of benzene rings is 7. The van der Waals surface area contributed by atoms with Crippen LogP contribution in [0.5, 0.6) is 0 Å². The van der Waals surface area contributed by atoms with Crippen molar-refractivity contribution < 1.29 is 4.42 Å². The molecule has 50 heavy (non-hydrogen) atoms. The molecule has 3 nitrogen and oxygen atoms in total. The summed E-state index contributed by atoms with van der Waals surface area (Å²) in [5.74, 6) is 0.401. The highest BCUT2D eigenvalue weighted by molar-refractivity contribution is 7.20. The molecule has 0 aliphatic rings. The molecule has 9 aromatic rings. The molecule has 0 saturated heterocycles. The van der Waals surface area contributed by atoms with Gasteiger partial charge in [-0.25, -0.2) is 0 Å². The smallest absolute Gasteiger partial charge is 0.179 e. The van der Waals surface area contributed by atoms with Gasteiger partial charge in [-0.3, -0.25) is 0 Å². The van der Waals surface area contributed by atoms with Gasteiger partial charge in [0.1, 0.15) is 11.2 Å². The fourth-order valence-corrected chi connectivity index (χ4v) is 12.7. The van der Waals surface area contributed by atoms with E-state index in [4.69, 9.17) is 4.42 Å². The number of hydrogen-bond acceptors (Lipinski definition) is 2. The molecular formula is C46H34N2OSi. The van der Waals surface area contributed by atoms with Gasteiger partial charge in [0.2, 0.25) is 0 Å². The van der Waals surface area contributed by atoms with Gasteiger partial charge in [-0.15, -0.1) is 0 Å². The predicted molar refractivity (Wildman–Crippen MR) is 210 cm³/mol. The summed E-state index contributed by atoms with van der Waals surface area (Å²) in [4.78, 5) is 0. The first-order valence-corrected chi connectivity index (χ1v) is 19.2. The number of nitriles is 1. The zero-order chi connectivity index (χ0) is 33.8. The Bertz CT molecular complexity index is 2640. The van der Waals surface area contributed by atoms with Crippen molar-refractivity contribution in [2.75, 3.05) is 0 Å². The molecule has 0 unspecified atom stereocenters. The van der Waals surface area contributed by atoms with Crippen LogP contribution in [0.1, 0.15) is 30.9 Å². The fraction of sp³-hybridized carbons (Fsp3) is 0.0652. The fourth-order valence-electron chi connectivity index (χ4n) is 7.95. The summed E-state index contributed by atoms with van der Waals surface area (Å²) in [5, 5.41) is 19.5. The molecule has 0 N–H and O–H groups in total. The van der Waals surface area contributed by atoms with E-state index in [2.05, 4.69) is 176 Å². The minimum absolute atomic E-state index is 0.401. The summed E-state index contributed by atoms with van der Waals surface area (Å²) in [6.45, 7) is 4.44. The number of hydrogen-bond donors (Lipinski definition) is 0. The summed E-state index contributed by atoms with van der Waals surface area (Å²) in [7, 11) is -2.71. The largest absolute Gasteiger partial charge is 0.456 e. The molecule has 2 heterocycles. The van der Waals surface area contributed by atoms with Crippen LogP contribution in [0.3, 0.4) is 0 Å². The minimum atomic E-state index is -2.71. The third-order valence-corrected chi connectivity index (χ3v) is 15.1. The van der Waals surface area contributed by atoms with Crippen molar-refractivity contribution in [3.63, 3.8) is 0 Å². The molecular weight excluding hydrogens is 625 g/mol. The van der Waals surface area contributed by atoms with Gasteiger partial charge >= 0.3 is 0 Å². The number of furan rings is 1. The van der Waals surface area contributed by atoms with Gasteiger partial charge in [-0.05, 0) is 86.8 Å². The molecule has 9 rings (SSSR count). The van der Waals surface area contributed by atoms with Gasteiger partial charge in [0.15, 0.2) is 8.07 Å². The Morgan fingerprint density at radius 2 is 1.06 bits per heavy atom. The van der Waals surface area contributed by atoms with Crippen molar-refractivity contribution in [2.24, 2.45) is 0 Å². The average molecular weight is 659 g/mol. The summed E-state index contributed by atoms with van der Waals surface area (Å²) < 4.78 is 8.86. The first-order valence-electron chi connectivity index (χ1n) is 17.2. The van der Waals surface area contributed by atoms with E-state index in [1.54, 1.807) is 0 Å². The van der Waals surface area contributed by atoms with Gasteiger partial charge in [0.25, 0.3) is 0 Å². The van der Waals surface area contributed by atoms with Crippen LogP contribution >= 0.6 is 0 Å². The van der Waals surface area contributed by atoms with Gasteiger partial charge in [0, 0.05) is 27.2 Å². The summed E-state index contributed by atoms with van der Waals surface area (Å²) in [6.07, 6.45) is 0. The van der Waals surface area contributed by atoms with Crippen LogP contribution < -0.4 is 20.7 Å². The minimum Gasteiger partial charge on any atom is -0.456 e. The second-order valence-electron chi connectivity index (χ2n) is 13.5. The van der Waals surface area contributed by atoms with Crippen molar-refractivity contribution in [3.05, 3.63) is 175 Å². The highest BCUT2D eigenvalue weighted by atomic mass is 28.3. The molecule has 0 amide bonds. The Hall–Kier alpha value is -6.15. The van der Waals surface area contributed by atoms with Crippen LogP contribution in [-0.4, -0.2) is 12.6 Å². The number of aromatic nitrogens is 1. The molecule has 0 bridgehead atoms. The Morgan fingerprint density at radius 3 is 1.64 bits per heavy atom. The molecule has 0 saturated carbocycles. The van der Waals surface area contributed by atoms with Crippen LogP contribution in [-0.2, 0) is 0 Å². The molecule has 4 heteroatoms. The molecule has 0 aliphatic heterocycles. The second kappa shape index (κ2) is 11.8. The van der Waals surface area contributed by atoms with Crippen molar-refractivity contribution in [3.8, 4) is 11.8 Å². The monoisotopic (exact) mass is 658 g/mol. The van der Waals surface area contributed by atoms with E-state index in [0.717, 1.165) is 49.4 Å². The van der Waals surface area contributed by atoms with E-state index >= 15 is 0 Å². The lowest BCUT2D eigenvalue weighted by molar-refractivity contribution is 0.669. The van der Waals surface area contributed by atoms with Crippen LogP contribution in [0.2, 0.25) is 0 Å². The Morgan fingerprint density at radius 1 is 0.520 bits per heavy atom. The molecule has 0 aliphatic carbocycles. The van der Waals surface area contributed by atoms with Crippen molar-refractivity contribution >= 4 is 72.6 Å². The molecule has 7 aromatic carbocycles. The zero-order valence-electron chi connectivity index (χ0n) is 28.0. The SMILES string of the molecule is CC(C)c1ccc2c(c1)c1cc(C#N)ccc1n2-c1ccc2oc3ccc([Si](c4ccccc4)(c4ccccc4)c4ccccc4)cc3c2c1. The van der Waals surface area contributed by atoms with Gasteiger partial charge in [-0.1, -0.05) is 123 Å². The molecule has 238 valence electrons. The van der Waals surface area contributed by atoms with Gasteiger partial charge in [-0.2, -0.15) is 5.26 Å². The van der Waals surface area contributed by atoms with E-state index in [9.17, 15) is 5.26 Å². The maximum Gasteiger partial charge on any atom is 0.179 e. The maximum absolute atomic E-state index is 9.76. The van der Waals surface area contributed by atoms with E-state index in [1.807, 2.05) is 12.1 Å². The number of nitrogens with zero attached hydrogens (tertiary/aromatic N) is 2. The lowest BCUT2D eigenvalue weighted by Crippen LogP contribution is -2.74. The highest BCUT2D eigenvalue weighted by Gasteiger charge is 2.41. The van der Waals surface area contributed by atoms with E-state index in [-0.39, 0.29) is 0 Å². The Labute approximate surface area is 292 Å². The third kappa shape index (κ3) is 4.55. The van der Waals surface area contributed by atoms with Gasteiger partial charge < -0.3 is 8.98 Å². The van der Waals surface area contributed by atoms with E-state index < -0.39 is 8.07 Å². The molecule has 2 aromatic heterocycles. The number of fused-ring (bicyclic) bond motifs is 6. The van der Waals surface area contributed by atoms with Crippen molar-refractivity contribution in [2.45, 2.75) is 19.8 Å². The van der Waals surface area contributed by atoms with Crippen molar-refractivity contribution in [1.82, 2.24) is 4.57 Å². The predicted octanol–water partition coefficient (Wildman–Crippen LogP) is 9.06. The molecule has 0 radical (unpaired) electrons. The lowest BCUT2D eigenvalue weighted by atomic mass is 10.0. The van der Waals surface area contributed by atoms with Crippen LogP contribution in [0.4, 0.5) is 0 Å². The highest BCUT2D eigenvalue weighted by Crippen LogP contribution is 2.37. The summed E-state index contributed by atoms with van der Waals surface area (Å²) in [6, 6.07) is 61.6. The van der Waals surface area contributed by atoms with Crippen LogP contribution in [0.15, 0.2) is 168 Å². The first-order chi connectivity index (χ1) is 24.6. The Kier molecular flexibility index (Phi) is 7.05. The van der Waals surface area contributed by atoms with Crippen molar-refractivity contribution in [1.29, 1.82) is 5.26 Å². The number of rotatable bonds is 6. The summed E-state index contributed by atoms with van der Waals surface area (Å²) in [5.41, 5.74) is 6.95. The van der Waals surface area contributed by atoms with Crippen LogP contribution in [0.25, 0.3) is 49.4 Å². The average Bonchev–Trinajstić information content (AvgIpc) is 3.70. The maximum atomic E-state index is 9.76. The summed E-state index contributed by atoms with van der Waals surface area (Å²) >= 11 is 0. The Balaban J connectivity index is 1.32.